The van der Waals surface area contributed by atoms with Gasteiger partial charge in [0.05, 0.1) is 5.56 Å². The number of nitrogens with zero attached hydrogens (tertiary/aromatic N) is 1. The lowest BCUT2D eigenvalue weighted by atomic mass is 10.2. The van der Waals surface area contributed by atoms with Crippen LogP contribution in [0.5, 0.6) is 5.75 Å². The van der Waals surface area contributed by atoms with E-state index in [0.29, 0.717) is 0 Å². The highest BCUT2D eigenvalue weighted by Crippen LogP contribution is 2.33. The van der Waals surface area contributed by atoms with Crippen LogP contribution in [0.1, 0.15) is 19.4 Å². The highest BCUT2D eigenvalue weighted by Gasteiger charge is 2.28. The lowest BCUT2D eigenvalue weighted by molar-refractivity contribution is 0.474. The van der Waals surface area contributed by atoms with Gasteiger partial charge in [0, 0.05) is 0 Å². The lowest BCUT2D eigenvalue weighted by Crippen LogP contribution is -2.26. The summed E-state index contributed by atoms with van der Waals surface area (Å²) in [6, 6.07) is 7.23. The van der Waals surface area contributed by atoms with E-state index < -0.39 is 0 Å². The molecule has 0 fully saturated rings. The number of benzene rings is 1. The molecule has 74 valence electrons. The molecule has 2 N–H and O–H groups in total. The van der Waals surface area contributed by atoms with E-state index in [4.69, 9.17) is 0 Å². The van der Waals surface area contributed by atoms with E-state index in [1.54, 1.807) is 23.9 Å². The number of hydrazone groups is 1. The standard InChI is InChI=1S/C10H12N2OS/c1-10(2)12-11-9(14-10)7-5-3-4-6-8(7)13/h3-6,12-13H,1-2H3. The van der Waals surface area contributed by atoms with Crippen LogP contribution >= 0.6 is 11.8 Å². The molecule has 0 saturated heterocycles. The minimum atomic E-state index is -0.0857. The molecule has 3 nitrogen and oxygen atoms in total. The van der Waals surface area contributed by atoms with Crippen molar-refractivity contribution in [2.45, 2.75) is 18.7 Å². The van der Waals surface area contributed by atoms with Crippen molar-refractivity contribution in [3.63, 3.8) is 0 Å². The summed E-state index contributed by atoms with van der Waals surface area (Å²) in [5.41, 5.74) is 3.80. The second-order valence-electron chi connectivity index (χ2n) is 3.66. The summed E-state index contributed by atoms with van der Waals surface area (Å²) in [5.74, 6) is 0.276. The van der Waals surface area contributed by atoms with Gasteiger partial charge in [-0.3, -0.25) is 5.43 Å². The van der Waals surface area contributed by atoms with Crippen LogP contribution in [0, 0.1) is 0 Å². The van der Waals surface area contributed by atoms with E-state index in [1.807, 2.05) is 26.0 Å². The second kappa shape index (κ2) is 3.20. The average molecular weight is 208 g/mol. The van der Waals surface area contributed by atoms with Gasteiger partial charge in [0.15, 0.2) is 0 Å². The molecule has 0 radical (unpaired) electrons. The zero-order valence-corrected chi connectivity index (χ0v) is 8.93. The quantitative estimate of drug-likeness (QED) is 0.743. The summed E-state index contributed by atoms with van der Waals surface area (Å²) in [7, 11) is 0. The molecule has 4 heteroatoms. The summed E-state index contributed by atoms with van der Waals surface area (Å²) in [6.07, 6.45) is 0. The van der Waals surface area contributed by atoms with Crippen molar-refractivity contribution in [3.05, 3.63) is 29.8 Å². The topological polar surface area (TPSA) is 44.6 Å². The van der Waals surface area contributed by atoms with Gasteiger partial charge in [-0.2, -0.15) is 5.10 Å². The van der Waals surface area contributed by atoms with E-state index in [-0.39, 0.29) is 10.6 Å². The first kappa shape index (κ1) is 9.40. The summed E-state index contributed by atoms with van der Waals surface area (Å²) in [6.45, 7) is 4.10. The number of hydrogen-bond acceptors (Lipinski definition) is 4. The van der Waals surface area contributed by atoms with Crippen LogP contribution in [-0.2, 0) is 0 Å². The maximum atomic E-state index is 9.62. The molecule has 14 heavy (non-hydrogen) atoms. The third-order valence-electron chi connectivity index (χ3n) is 1.91. The number of rotatable bonds is 1. The number of phenolic OH excluding ortho intramolecular Hbond substituents is 1. The Kier molecular flexibility index (Phi) is 2.15. The van der Waals surface area contributed by atoms with Crippen molar-refractivity contribution in [1.82, 2.24) is 5.43 Å². The number of para-hydroxylation sites is 1. The van der Waals surface area contributed by atoms with E-state index in [9.17, 15) is 5.11 Å². The Hall–Kier alpha value is -1.16. The number of thioether (sulfide) groups is 1. The Labute approximate surface area is 87.2 Å². The molecule has 1 aliphatic heterocycles. The first-order valence-electron chi connectivity index (χ1n) is 4.41. The highest BCUT2D eigenvalue weighted by molar-refractivity contribution is 8.15. The molecule has 0 amide bonds. The zero-order valence-electron chi connectivity index (χ0n) is 8.11. The summed E-state index contributed by atoms with van der Waals surface area (Å²) >= 11 is 1.61. The third kappa shape index (κ3) is 1.70. The van der Waals surface area contributed by atoms with Crippen LogP contribution in [0.4, 0.5) is 0 Å². The van der Waals surface area contributed by atoms with Crippen molar-refractivity contribution in [2.75, 3.05) is 0 Å². The number of hydrogen-bond donors (Lipinski definition) is 2. The zero-order chi connectivity index (χ0) is 10.2. The van der Waals surface area contributed by atoms with Crippen molar-refractivity contribution in [1.29, 1.82) is 0 Å². The maximum Gasteiger partial charge on any atom is 0.129 e. The van der Waals surface area contributed by atoms with Gasteiger partial charge in [-0.15, -0.1) is 0 Å². The van der Waals surface area contributed by atoms with Crippen molar-refractivity contribution >= 4 is 16.8 Å². The molecule has 1 aliphatic rings. The van der Waals surface area contributed by atoms with Crippen LogP contribution < -0.4 is 5.43 Å². The minimum Gasteiger partial charge on any atom is -0.507 e. The van der Waals surface area contributed by atoms with E-state index in [2.05, 4.69) is 10.5 Å². The molecule has 0 saturated carbocycles. The molecule has 1 heterocycles. The molecule has 0 spiro atoms. The highest BCUT2D eigenvalue weighted by atomic mass is 32.2. The normalized spacial score (nSPS) is 18.9. The Morgan fingerprint density at radius 2 is 2.07 bits per heavy atom. The van der Waals surface area contributed by atoms with Crippen LogP contribution in [0.25, 0.3) is 0 Å². The molecular weight excluding hydrogens is 196 g/mol. The van der Waals surface area contributed by atoms with Crippen molar-refractivity contribution in [2.24, 2.45) is 5.10 Å². The molecular formula is C10H12N2OS. The van der Waals surface area contributed by atoms with Gasteiger partial charge in [0.2, 0.25) is 0 Å². The van der Waals surface area contributed by atoms with Gasteiger partial charge in [-0.1, -0.05) is 23.9 Å². The Balaban J connectivity index is 2.30. The van der Waals surface area contributed by atoms with Crippen LogP contribution in [-0.4, -0.2) is 15.0 Å². The Morgan fingerprint density at radius 3 is 2.64 bits per heavy atom. The lowest BCUT2D eigenvalue weighted by Gasteiger charge is -2.14. The van der Waals surface area contributed by atoms with Gasteiger partial charge in [-0.05, 0) is 26.0 Å². The van der Waals surface area contributed by atoms with E-state index >= 15 is 0 Å². The van der Waals surface area contributed by atoms with Crippen LogP contribution in [0.3, 0.4) is 0 Å². The van der Waals surface area contributed by atoms with Gasteiger partial charge in [0.1, 0.15) is 15.7 Å². The summed E-state index contributed by atoms with van der Waals surface area (Å²) in [5, 5.41) is 14.6. The fraction of sp³-hybridized carbons (Fsp3) is 0.300. The smallest absolute Gasteiger partial charge is 0.129 e. The number of aromatic hydroxyl groups is 1. The van der Waals surface area contributed by atoms with Crippen LogP contribution in [0.2, 0.25) is 0 Å². The van der Waals surface area contributed by atoms with Gasteiger partial charge in [-0.25, -0.2) is 0 Å². The molecule has 1 aromatic carbocycles. The fourth-order valence-corrected chi connectivity index (χ4v) is 2.19. The first-order valence-corrected chi connectivity index (χ1v) is 5.22. The average Bonchev–Trinajstić information content (AvgIpc) is 2.47. The van der Waals surface area contributed by atoms with E-state index in [1.165, 1.54) is 0 Å². The monoisotopic (exact) mass is 208 g/mol. The SMILES string of the molecule is CC1(C)NN=C(c2ccccc2O)S1. The maximum absolute atomic E-state index is 9.62. The second-order valence-corrected chi connectivity index (χ2v) is 5.27. The Bertz CT molecular complexity index is 387. The largest absolute Gasteiger partial charge is 0.507 e. The van der Waals surface area contributed by atoms with Crippen LogP contribution in [0.15, 0.2) is 29.4 Å². The van der Waals surface area contributed by atoms with E-state index in [0.717, 1.165) is 10.6 Å². The van der Waals surface area contributed by atoms with Gasteiger partial charge in [0.25, 0.3) is 0 Å². The third-order valence-corrected chi connectivity index (χ3v) is 3.02. The summed E-state index contributed by atoms with van der Waals surface area (Å²) in [4.78, 5) is -0.0857. The van der Waals surface area contributed by atoms with Crippen molar-refractivity contribution in [3.8, 4) is 5.75 Å². The molecule has 0 atom stereocenters. The molecule has 0 aromatic heterocycles. The van der Waals surface area contributed by atoms with Crippen molar-refractivity contribution < 1.29 is 5.11 Å². The predicted molar refractivity (Wildman–Crippen MR) is 59.4 cm³/mol. The molecule has 0 aliphatic carbocycles. The van der Waals surface area contributed by atoms with Gasteiger partial charge < -0.3 is 5.11 Å². The minimum absolute atomic E-state index is 0.0857. The molecule has 0 unspecified atom stereocenters. The first-order chi connectivity index (χ1) is 6.58. The molecule has 1 aromatic rings. The van der Waals surface area contributed by atoms with Gasteiger partial charge >= 0.3 is 0 Å². The molecule has 2 rings (SSSR count). The molecule has 0 bridgehead atoms. The number of phenols is 1. The Morgan fingerprint density at radius 1 is 1.36 bits per heavy atom. The fourth-order valence-electron chi connectivity index (χ4n) is 1.24. The predicted octanol–water partition coefficient (Wildman–Crippen LogP) is 2.13. The summed E-state index contributed by atoms with van der Waals surface area (Å²) < 4.78 is 0. The number of nitrogens with one attached hydrogen (secondary N) is 1.